The Balaban J connectivity index is 2.16. The zero-order valence-corrected chi connectivity index (χ0v) is 19.2. The van der Waals surface area contributed by atoms with Crippen molar-refractivity contribution in [1.82, 2.24) is 10.6 Å². The first-order chi connectivity index (χ1) is 15.4. The van der Waals surface area contributed by atoms with E-state index in [9.17, 15) is 14.4 Å². The first-order valence-corrected chi connectivity index (χ1v) is 11.0. The number of para-hydroxylation sites is 1. The fourth-order valence-electron chi connectivity index (χ4n) is 3.15. The summed E-state index contributed by atoms with van der Waals surface area (Å²) in [6, 6.07) is 12.8. The molecule has 0 spiro atoms. The zero-order valence-electron chi connectivity index (χ0n) is 19.2. The molecular formula is C25H33N3O4. The molecule has 0 radical (unpaired) electrons. The molecule has 0 heterocycles. The fraction of sp³-hybridized carbons (Fsp3) is 0.400. The maximum Gasteiger partial charge on any atom is 0.255 e. The molecule has 7 heteroatoms. The average molecular weight is 440 g/mol. The Morgan fingerprint density at radius 1 is 0.969 bits per heavy atom. The molecule has 2 aromatic carbocycles. The number of hydrogen-bond acceptors (Lipinski definition) is 4. The summed E-state index contributed by atoms with van der Waals surface area (Å²) in [7, 11) is 1.56. The highest BCUT2D eigenvalue weighted by Gasteiger charge is 2.27. The van der Waals surface area contributed by atoms with Crippen molar-refractivity contribution in [1.29, 1.82) is 0 Å². The minimum atomic E-state index is -0.658. The van der Waals surface area contributed by atoms with Gasteiger partial charge in [0.2, 0.25) is 5.91 Å². The zero-order chi connectivity index (χ0) is 23.5. The highest BCUT2D eigenvalue weighted by atomic mass is 16.5. The van der Waals surface area contributed by atoms with Crippen molar-refractivity contribution >= 4 is 23.4 Å². The molecule has 0 unspecified atom stereocenters. The summed E-state index contributed by atoms with van der Waals surface area (Å²) in [6.07, 6.45) is 2.59. The number of hydrogen-bond donors (Lipinski definition) is 3. The van der Waals surface area contributed by atoms with E-state index in [2.05, 4.69) is 22.9 Å². The molecule has 0 aliphatic heterocycles. The summed E-state index contributed by atoms with van der Waals surface area (Å²) in [5.74, 6) is -0.340. The first kappa shape index (κ1) is 24.9. The third-order valence-corrected chi connectivity index (χ3v) is 5.38. The van der Waals surface area contributed by atoms with Crippen molar-refractivity contribution in [3.8, 4) is 5.75 Å². The van der Waals surface area contributed by atoms with Crippen LogP contribution in [0.5, 0.6) is 5.75 Å². The molecule has 172 valence electrons. The normalized spacial score (nSPS) is 12.4. The van der Waals surface area contributed by atoms with Crippen LogP contribution in [0.3, 0.4) is 0 Å². The van der Waals surface area contributed by atoms with Gasteiger partial charge in [0.05, 0.1) is 18.4 Å². The third kappa shape index (κ3) is 6.83. The molecule has 2 atom stereocenters. The molecule has 0 fully saturated rings. The smallest absolute Gasteiger partial charge is 0.255 e. The van der Waals surface area contributed by atoms with Crippen molar-refractivity contribution in [2.24, 2.45) is 5.92 Å². The van der Waals surface area contributed by atoms with E-state index >= 15 is 0 Å². The number of amides is 3. The summed E-state index contributed by atoms with van der Waals surface area (Å²) >= 11 is 0. The molecule has 0 bridgehead atoms. The first-order valence-electron chi connectivity index (χ1n) is 11.0. The van der Waals surface area contributed by atoms with Crippen LogP contribution < -0.4 is 20.7 Å². The largest absolute Gasteiger partial charge is 0.497 e. The van der Waals surface area contributed by atoms with E-state index in [0.717, 1.165) is 19.3 Å². The van der Waals surface area contributed by atoms with Gasteiger partial charge >= 0.3 is 0 Å². The number of carbonyl (C=O) groups is 3. The van der Waals surface area contributed by atoms with Gasteiger partial charge in [-0.1, -0.05) is 45.7 Å². The molecule has 2 aromatic rings. The quantitative estimate of drug-likeness (QED) is 0.461. The van der Waals surface area contributed by atoms with Gasteiger partial charge < -0.3 is 20.7 Å². The Labute approximate surface area is 189 Å². The van der Waals surface area contributed by atoms with Gasteiger partial charge in [0.25, 0.3) is 11.8 Å². The average Bonchev–Trinajstić information content (AvgIpc) is 2.82. The predicted octanol–water partition coefficient (Wildman–Crippen LogP) is 4.01. The van der Waals surface area contributed by atoms with Gasteiger partial charge in [0.1, 0.15) is 11.8 Å². The number of benzene rings is 2. The molecule has 32 heavy (non-hydrogen) atoms. The molecular weight excluding hydrogens is 406 g/mol. The van der Waals surface area contributed by atoms with Crippen molar-refractivity contribution in [2.45, 2.75) is 46.1 Å². The minimum Gasteiger partial charge on any atom is -0.497 e. The molecule has 3 N–H and O–H groups in total. The van der Waals surface area contributed by atoms with Crippen LogP contribution in [0, 0.1) is 5.92 Å². The monoisotopic (exact) mass is 439 g/mol. The van der Waals surface area contributed by atoms with Crippen LogP contribution >= 0.6 is 0 Å². The Morgan fingerprint density at radius 2 is 1.66 bits per heavy atom. The van der Waals surface area contributed by atoms with Gasteiger partial charge in [-0.15, -0.1) is 0 Å². The van der Waals surface area contributed by atoms with Crippen LogP contribution in [0.25, 0.3) is 0 Å². The molecule has 0 aromatic heterocycles. The second-order valence-electron chi connectivity index (χ2n) is 7.71. The lowest BCUT2D eigenvalue weighted by atomic mass is 9.97. The molecule has 0 aliphatic carbocycles. The van der Waals surface area contributed by atoms with Crippen LogP contribution in [-0.4, -0.2) is 37.4 Å². The Bertz CT molecular complexity index is 912. The van der Waals surface area contributed by atoms with E-state index in [4.69, 9.17) is 4.74 Å². The summed E-state index contributed by atoms with van der Waals surface area (Å²) < 4.78 is 5.12. The van der Waals surface area contributed by atoms with Crippen LogP contribution in [-0.2, 0) is 4.79 Å². The summed E-state index contributed by atoms with van der Waals surface area (Å²) in [4.78, 5) is 38.4. The highest BCUT2D eigenvalue weighted by molar-refractivity contribution is 6.09. The maximum atomic E-state index is 13.1. The predicted molar refractivity (Wildman–Crippen MR) is 126 cm³/mol. The van der Waals surface area contributed by atoms with E-state index < -0.39 is 11.9 Å². The van der Waals surface area contributed by atoms with Crippen molar-refractivity contribution in [2.75, 3.05) is 19.0 Å². The van der Waals surface area contributed by atoms with Gasteiger partial charge in [-0.3, -0.25) is 14.4 Å². The molecule has 0 saturated heterocycles. The minimum absolute atomic E-state index is 0.0402. The van der Waals surface area contributed by atoms with E-state index in [-0.39, 0.29) is 17.7 Å². The van der Waals surface area contributed by atoms with Crippen LogP contribution in [0.2, 0.25) is 0 Å². The Morgan fingerprint density at radius 3 is 2.28 bits per heavy atom. The molecule has 3 amide bonds. The van der Waals surface area contributed by atoms with Crippen LogP contribution in [0.4, 0.5) is 5.69 Å². The molecule has 0 saturated carbocycles. The van der Waals surface area contributed by atoms with Crippen LogP contribution in [0.15, 0.2) is 48.5 Å². The van der Waals surface area contributed by atoms with Gasteiger partial charge in [-0.25, -0.2) is 0 Å². The Kier molecular flexibility index (Phi) is 9.73. The second-order valence-corrected chi connectivity index (χ2v) is 7.71. The lowest BCUT2D eigenvalue weighted by Crippen LogP contribution is -2.50. The summed E-state index contributed by atoms with van der Waals surface area (Å²) in [6.45, 7) is 6.54. The van der Waals surface area contributed by atoms with Crippen LogP contribution in [0.1, 0.15) is 60.7 Å². The number of carbonyl (C=O) groups excluding carboxylic acids is 3. The standard InChI is InChI=1S/C25H33N3O4/c1-5-7-16-26-25(31)22(17(3)6-2)28-24(30)20-10-8-9-11-21(20)27-23(29)18-12-14-19(32-4)15-13-18/h8-15,17,22H,5-7,16H2,1-4H3,(H,26,31)(H,27,29)(H,28,30)/t17-,22-/m1/s1. The lowest BCUT2D eigenvalue weighted by Gasteiger charge is -2.24. The number of methoxy groups -OCH3 is 1. The second kappa shape index (κ2) is 12.5. The van der Waals surface area contributed by atoms with E-state index in [1.54, 1.807) is 55.6 Å². The number of ether oxygens (including phenoxy) is 1. The highest BCUT2D eigenvalue weighted by Crippen LogP contribution is 2.19. The van der Waals surface area contributed by atoms with E-state index in [1.165, 1.54) is 0 Å². The Hall–Kier alpha value is -3.35. The topological polar surface area (TPSA) is 96.5 Å². The van der Waals surface area contributed by atoms with E-state index in [1.807, 2.05) is 13.8 Å². The molecule has 0 aliphatic rings. The van der Waals surface area contributed by atoms with Crippen molar-refractivity contribution < 1.29 is 19.1 Å². The van der Waals surface area contributed by atoms with Crippen molar-refractivity contribution in [3.05, 3.63) is 59.7 Å². The van der Waals surface area contributed by atoms with Gasteiger partial charge in [-0.2, -0.15) is 0 Å². The molecule has 2 rings (SSSR count). The summed E-state index contributed by atoms with van der Waals surface area (Å²) in [5, 5.41) is 8.55. The van der Waals surface area contributed by atoms with Gasteiger partial charge in [-0.05, 0) is 48.7 Å². The summed E-state index contributed by atoms with van der Waals surface area (Å²) in [5.41, 5.74) is 1.11. The van der Waals surface area contributed by atoms with Gasteiger partial charge in [0, 0.05) is 12.1 Å². The number of anilines is 1. The van der Waals surface area contributed by atoms with Crippen molar-refractivity contribution in [3.63, 3.8) is 0 Å². The lowest BCUT2D eigenvalue weighted by molar-refractivity contribution is -0.124. The third-order valence-electron chi connectivity index (χ3n) is 5.38. The number of rotatable bonds is 11. The SMILES string of the molecule is CCCCNC(=O)[C@H](NC(=O)c1ccccc1NC(=O)c1ccc(OC)cc1)[C@H](C)CC. The fourth-order valence-corrected chi connectivity index (χ4v) is 3.15. The van der Waals surface area contributed by atoms with E-state index in [0.29, 0.717) is 29.1 Å². The number of unbranched alkanes of at least 4 members (excludes halogenated alkanes) is 1. The maximum absolute atomic E-state index is 13.1. The number of nitrogens with one attached hydrogen (secondary N) is 3. The van der Waals surface area contributed by atoms with Gasteiger partial charge in [0.15, 0.2) is 0 Å². The molecule has 7 nitrogen and oxygen atoms in total.